The lowest BCUT2D eigenvalue weighted by Gasteiger charge is -2.29. The van der Waals surface area contributed by atoms with E-state index in [0.717, 1.165) is 17.4 Å². The number of hydrogen-bond acceptors (Lipinski definition) is 3. The fraction of sp³-hybridized carbons (Fsp3) is 0.643. The number of halogens is 1. The normalized spacial score (nSPS) is 18.6. The van der Waals surface area contributed by atoms with Gasteiger partial charge >= 0.3 is 0 Å². The van der Waals surface area contributed by atoms with Gasteiger partial charge in [0.25, 0.3) is 0 Å². The fourth-order valence-corrected chi connectivity index (χ4v) is 2.74. The Balaban J connectivity index is 0.00000200. The van der Waals surface area contributed by atoms with E-state index >= 15 is 0 Å². The molecule has 1 unspecified atom stereocenters. The lowest BCUT2D eigenvalue weighted by Crippen LogP contribution is -2.46. The molecule has 6 heteroatoms. The van der Waals surface area contributed by atoms with Crippen LogP contribution in [0.15, 0.2) is 22.5 Å². The lowest BCUT2D eigenvalue weighted by molar-refractivity contribution is 0.0711. The van der Waals surface area contributed by atoms with Gasteiger partial charge in [0.05, 0.1) is 6.54 Å². The number of hydrogen-bond donors (Lipinski definition) is 3. The Bertz CT molecular complexity index is 416. The average Bonchev–Trinajstić information content (AvgIpc) is 2.85. The van der Waals surface area contributed by atoms with Crippen molar-refractivity contribution in [3.8, 4) is 0 Å². The third kappa shape index (κ3) is 4.89. The Morgan fingerprint density at radius 1 is 1.55 bits per heavy atom. The number of thiophene rings is 1. The van der Waals surface area contributed by atoms with E-state index in [0.29, 0.717) is 12.6 Å². The molecular weight excluding hydrogens is 385 g/mol. The van der Waals surface area contributed by atoms with Gasteiger partial charge in [-0.15, -0.1) is 35.3 Å². The van der Waals surface area contributed by atoms with E-state index in [2.05, 4.69) is 22.5 Å². The first-order chi connectivity index (χ1) is 9.12. The molecule has 1 aliphatic carbocycles. The molecule has 3 N–H and O–H groups in total. The Kier molecular flexibility index (Phi) is 7.25. The van der Waals surface area contributed by atoms with Crippen molar-refractivity contribution >= 4 is 41.3 Å². The Morgan fingerprint density at radius 2 is 2.30 bits per heavy atom. The van der Waals surface area contributed by atoms with Gasteiger partial charge in [0.2, 0.25) is 0 Å². The first kappa shape index (κ1) is 17.7. The molecule has 20 heavy (non-hydrogen) atoms. The van der Waals surface area contributed by atoms with Crippen LogP contribution < -0.4 is 10.6 Å². The summed E-state index contributed by atoms with van der Waals surface area (Å²) in [5, 5.41) is 19.1. The minimum Gasteiger partial charge on any atom is -0.383 e. The van der Waals surface area contributed by atoms with Crippen LogP contribution >= 0.6 is 35.3 Å². The van der Waals surface area contributed by atoms with Crippen LogP contribution in [0.2, 0.25) is 0 Å². The molecule has 1 saturated carbocycles. The summed E-state index contributed by atoms with van der Waals surface area (Å²) < 4.78 is 0. The summed E-state index contributed by atoms with van der Waals surface area (Å²) >= 11 is 1.56. The third-order valence-electron chi connectivity index (χ3n) is 3.39. The Morgan fingerprint density at radius 3 is 2.80 bits per heavy atom. The fourth-order valence-electron chi connectivity index (χ4n) is 1.96. The average molecular weight is 409 g/mol. The van der Waals surface area contributed by atoms with Crippen molar-refractivity contribution in [1.82, 2.24) is 10.6 Å². The van der Waals surface area contributed by atoms with Gasteiger partial charge in [0.15, 0.2) is 5.96 Å². The molecule has 4 nitrogen and oxygen atoms in total. The summed E-state index contributed by atoms with van der Waals surface area (Å²) in [6, 6.07) is 4.45. The van der Waals surface area contributed by atoms with Crippen LogP contribution in [0.25, 0.3) is 0 Å². The number of aliphatic hydroxyl groups is 1. The van der Waals surface area contributed by atoms with Crippen molar-refractivity contribution < 1.29 is 5.11 Å². The first-order valence-corrected chi connectivity index (χ1v) is 7.81. The molecule has 1 atom stereocenters. The molecule has 1 heterocycles. The largest absolute Gasteiger partial charge is 0.383 e. The molecule has 1 fully saturated rings. The summed E-state index contributed by atoms with van der Waals surface area (Å²) in [4.78, 5) is 5.47. The van der Waals surface area contributed by atoms with Gasteiger partial charge in [0, 0.05) is 17.5 Å². The molecule has 0 spiro atoms. The molecule has 0 amide bonds. The van der Waals surface area contributed by atoms with Crippen LogP contribution in [-0.4, -0.2) is 30.2 Å². The molecule has 0 saturated heterocycles. The lowest BCUT2D eigenvalue weighted by atomic mass is 9.93. The van der Waals surface area contributed by atoms with E-state index in [9.17, 15) is 5.11 Å². The second kappa shape index (κ2) is 8.19. The van der Waals surface area contributed by atoms with Gasteiger partial charge in [-0.25, -0.2) is 4.99 Å². The van der Waals surface area contributed by atoms with Crippen LogP contribution in [-0.2, 0) is 5.60 Å². The molecule has 0 aromatic carbocycles. The van der Waals surface area contributed by atoms with Gasteiger partial charge in [-0.3, -0.25) is 0 Å². The van der Waals surface area contributed by atoms with Crippen LogP contribution in [0, 0.1) is 0 Å². The minimum absolute atomic E-state index is 0. The topological polar surface area (TPSA) is 56.7 Å². The van der Waals surface area contributed by atoms with Crippen LogP contribution in [0.1, 0.15) is 38.0 Å². The van der Waals surface area contributed by atoms with Crippen LogP contribution in [0.4, 0.5) is 0 Å². The first-order valence-electron chi connectivity index (χ1n) is 6.93. The summed E-state index contributed by atoms with van der Waals surface area (Å²) in [5.41, 5.74) is -0.893. The van der Waals surface area contributed by atoms with Crippen molar-refractivity contribution in [3.63, 3.8) is 0 Å². The molecule has 2 rings (SSSR count). The second-order valence-corrected chi connectivity index (χ2v) is 6.17. The van der Waals surface area contributed by atoms with Crippen LogP contribution in [0.5, 0.6) is 0 Å². The van der Waals surface area contributed by atoms with Gasteiger partial charge in [-0.2, -0.15) is 0 Å². The number of aliphatic imine (C=N–C) groups is 1. The van der Waals surface area contributed by atoms with Crippen molar-refractivity contribution in [2.75, 3.05) is 13.1 Å². The van der Waals surface area contributed by atoms with Gasteiger partial charge < -0.3 is 15.7 Å². The van der Waals surface area contributed by atoms with Crippen LogP contribution in [0.3, 0.4) is 0 Å². The van der Waals surface area contributed by atoms with Gasteiger partial charge in [0.1, 0.15) is 5.60 Å². The maximum absolute atomic E-state index is 10.4. The number of guanidine groups is 1. The molecular formula is C14H24IN3OS. The molecule has 0 radical (unpaired) electrons. The van der Waals surface area contributed by atoms with Crippen molar-refractivity contribution in [2.45, 2.75) is 44.8 Å². The predicted molar refractivity (Wildman–Crippen MR) is 96.1 cm³/mol. The van der Waals surface area contributed by atoms with Gasteiger partial charge in [-0.05, 0) is 44.6 Å². The molecule has 0 bridgehead atoms. The summed E-state index contributed by atoms with van der Waals surface area (Å²) in [7, 11) is 0. The van der Waals surface area contributed by atoms with E-state index < -0.39 is 5.60 Å². The van der Waals surface area contributed by atoms with E-state index in [-0.39, 0.29) is 24.0 Å². The zero-order chi connectivity index (χ0) is 13.7. The SMILES string of the molecule is CCNC(=NCC(C)(O)c1cccs1)NC1CCC1.I. The maximum Gasteiger partial charge on any atom is 0.191 e. The molecule has 1 aromatic rings. The highest BCUT2D eigenvalue weighted by Gasteiger charge is 2.24. The van der Waals surface area contributed by atoms with Crippen molar-refractivity contribution in [1.29, 1.82) is 0 Å². The monoisotopic (exact) mass is 409 g/mol. The highest BCUT2D eigenvalue weighted by Crippen LogP contribution is 2.25. The maximum atomic E-state index is 10.4. The third-order valence-corrected chi connectivity index (χ3v) is 4.51. The quantitative estimate of drug-likeness (QED) is 0.398. The Hall–Kier alpha value is -0.340. The van der Waals surface area contributed by atoms with E-state index in [4.69, 9.17) is 0 Å². The number of rotatable bonds is 5. The molecule has 0 aliphatic heterocycles. The molecule has 1 aromatic heterocycles. The number of nitrogens with zero attached hydrogens (tertiary/aromatic N) is 1. The zero-order valence-corrected chi connectivity index (χ0v) is 15.2. The van der Waals surface area contributed by atoms with Gasteiger partial charge in [-0.1, -0.05) is 6.07 Å². The van der Waals surface area contributed by atoms with E-state index in [1.807, 2.05) is 24.4 Å². The summed E-state index contributed by atoms with van der Waals surface area (Å²) in [5.74, 6) is 0.809. The molecule has 114 valence electrons. The zero-order valence-electron chi connectivity index (χ0n) is 12.1. The van der Waals surface area contributed by atoms with Crippen molar-refractivity contribution in [3.05, 3.63) is 22.4 Å². The van der Waals surface area contributed by atoms with Crippen molar-refractivity contribution in [2.24, 2.45) is 4.99 Å². The summed E-state index contributed by atoms with van der Waals surface area (Å²) in [6.07, 6.45) is 3.72. The minimum atomic E-state index is -0.893. The smallest absolute Gasteiger partial charge is 0.191 e. The molecule has 1 aliphatic rings. The predicted octanol–water partition coefficient (Wildman–Crippen LogP) is 2.68. The second-order valence-electron chi connectivity index (χ2n) is 5.22. The Labute approximate surface area is 142 Å². The highest BCUT2D eigenvalue weighted by molar-refractivity contribution is 14.0. The summed E-state index contributed by atoms with van der Waals surface area (Å²) in [6.45, 7) is 5.07. The van der Waals surface area contributed by atoms with E-state index in [1.54, 1.807) is 11.3 Å². The standard InChI is InChI=1S/C14H23N3OS.HI/c1-3-15-13(17-11-6-4-7-11)16-10-14(2,18)12-8-5-9-19-12;/h5,8-9,11,18H,3-4,6-7,10H2,1-2H3,(H2,15,16,17);1H. The number of nitrogens with one attached hydrogen (secondary N) is 2. The van der Waals surface area contributed by atoms with E-state index in [1.165, 1.54) is 19.3 Å². The highest BCUT2D eigenvalue weighted by atomic mass is 127.